The van der Waals surface area contributed by atoms with Gasteiger partial charge in [0.1, 0.15) is 4.88 Å². The van der Waals surface area contributed by atoms with Gasteiger partial charge in [0.05, 0.1) is 17.9 Å². The number of benzene rings is 1. The SMILES string of the molecule is CC1CN(C(=O)c2sc3cc(Cl)ccc3c2N)CC(C)O1. The molecule has 1 amide bonds. The largest absolute Gasteiger partial charge is 0.397 e. The van der Waals surface area contributed by atoms with Gasteiger partial charge in [-0.1, -0.05) is 11.6 Å². The van der Waals surface area contributed by atoms with Crippen LogP contribution < -0.4 is 5.73 Å². The summed E-state index contributed by atoms with van der Waals surface area (Å²) >= 11 is 7.40. The third-order valence-electron chi connectivity index (χ3n) is 3.59. The van der Waals surface area contributed by atoms with E-state index in [0.29, 0.717) is 28.7 Å². The Bertz CT molecular complexity index is 690. The monoisotopic (exact) mass is 324 g/mol. The van der Waals surface area contributed by atoms with Crippen molar-refractivity contribution in [2.75, 3.05) is 18.8 Å². The molecule has 0 aliphatic carbocycles. The van der Waals surface area contributed by atoms with Crippen LogP contribution in [0, 0.1) is 0 Å². The maximum absolute atomic E-state index is 12.7. The highest BCUT2D eigenvalue weighted by Gasteiger charge is 2.29. The molecule has 1 aromatic carbocycles. The summed E-state index contributed by atoms with van der Waals surface area (Å²) in [6, 6.07) is 5.50. The van der Waals surface area contributed by atoms with Crippen molar-refractivity contribution in [1.29, 1.82) is 0 Å². The highest BCUT2D eigenvalue weighted by molar-refractivity contribution is 7.21. The quantitative estimate of drug-likeness (QED) is 0.874. The van der Waals surface area contributed by atoms with Crippen LogP contribution in [0.15, 0.2) is 18.2 Å². The van der Waals surface area contributed by atoms with Crippen molar-refractivity contribution >= 4 is 44.6 Å². The number of anilines is 1. The number of halogens is 1. The van der Waals surface area contributed by atoms with E-state index >= 15 is 0 Å². The molecule has 1 aliphatic rings. The van der Waals surface area contributed by atoms with Crippen LogP contribution in [-0.4, -0.2) is 36.1 Å². The molecule has 4 nitrogen and oxygen atoms in total. The molecule has 2 atom stereocenters. The van der Waals surface area contributed by atoms with Gasteiger partial charge in [-0.3, -0.25) is 4.79 Å². The minimum atomic E-state index is -0.0215. The van der Waals surface area contributed by atoms with Crippen molar-refractivity contribution in [3.05, 3.63) is 28.1 Å². The third kappa shape index (κ3) is 2.73. The van der Waals surface area contributed by atoms with Crippen molar-refractivity contribution in [2.45, 2.75) is 26.1 Å². The maximum atomic E-state index is 12.7. The second kappa shape index (κ2) is 5.48. The second-order valence-electron chi connectivity index (χ2n) is 5.45. The minimum Gasteiger partial charge on any atom is -0.397 e. The van der Waals surface area contributed by atoms with Gasteiger partial charge in [-0.05, 0) is 32.0 Å². The van der Waals surface area contributed by atoms with Crippen LogP contribution in [0.25, 0.3) is 10.1 Å². The fourth-order valence-electron chi connectivity index (χ4n) is 2.74. The van der Waals surface area contributed by atoms with Crippen molar-refractivity contribution in [2.24, 2.45) is 0 Å². The lowest BCUT2D eigenvalue weighted by molar-refractivity contribution is -0.0584. The lowest BCUT2D eigenvalue weighted by Crippen LogP contribution is -2.48. The number of morpholine rings is 1. The summed E-state index contributed by atoms with van der Waals surface area (Å²) in [7, 11) is 0. The molecule has 21 heavy (non-hydrogen) atoms. The summed E-state index contributed by atoms with van der Waals surface area (Å²) < 4.78 is 6.61. The van der Waals surface area contributed by atoms with Crippen LogP contribution in [-0.2, 0) is 4.74 Å². The van der Waals surface area contributed by atoms with E-state index in [-0.39, 0.29) is 18.1 Å². The summed E-state index contributed by atoms with van der Waals surface area (Å²) in [6.07, 6.45) is 0.0884. The fourth-order valence-corrected chi connectivity index (χ4v) is 4.10. The Morgan fingerprint density at radius 2 is 2.05 bits per heavy atom. The molecule has 0 spiro atoms. The highest BCUT2D eigenvalue weighted by atomic mass is 35.5. The van der Waals surface area contributed by atoms with Gasteiger partial charge in [-0.15, -0.1) is 11.3 Å². The van der Waals surface area contributed by atoms with Gasteiger partial charge < -0.3 is 15.4 Å². The molecule has 2 aromatic rings. The Balaban J connectivity index is 1.96. The number of carbonyl (C=O) groups excluding carboxylic acids is 1. The predicted octanol–water partition coefficient (Wildman–Crippen LogP) is 3.39. The van der Waals surface area contributed by atoms with Crippen LogP contribution >= 0.6 is 22.9 Å². The number of nitrogens with zero attached hydrogens (tertiary/aromatic N) is 1. The van der Waals surface area contributed by atoms with Crippen LogP contribution in [0.2, 0.25) is 5.02 Å². The van der Waals surface area contributed by atoms with Crippen molar-refractivity contribution in [3.63, 3.8) is 0 Å². The zero-order chi connectivity index (χ0) is 15.1. The van der Waals surface area contributed by atoms with Gasteiger partial charge in [0.2, 0.25) is 0 Å². The Morgan fingerprint density at radius 1 is 1.38 bits per heavy atom. The van der Waals surface area contributed by atoms with E-state index in [9.17, 15) is 4.79 Å². The Morgan fingerprint density at radius 3 is 2.71 bits per heavy atom. The normalized spacial score (nSPS) is 22.7. The minimum absolute atomic E-state index is 0.0215. The number of nitrogen functional groups attached to an aromatic ring is 1. The Hall–Kier alpha value is -1.30. The lowest BCUT2D eigenvalue weighted by Gasteiger charge is -2.35. The molecule has 6 heteroatoms. The van der Waals surface area contributed by atoms with Gasteiger partial charge in [0.15, 0.2) is 0 Å². The highest BCUT2D eigenvalue weighted by Crippen LogP contribution is 2.36. The average molecular weight is 325 g/mol. The molecule has 2 heterocycles. The number of thiophene rings is 1. The second-order valence-corrected chi connectivity index (χ2v) is 6.94. The van der Waals surface area contributed by atoms with E-state index in [1.807, 2.05) is 30.9 Å². The summed E-state index contributed by atoms with van der Waals surface area (Å²) in [5, 5.41) is 1.54. The lowest BCUT2D eigenvalue weighted by atomic mass is 10.2. The standard InChI is InChI=1S/C15H17ClN2O2S/c1-8-6-18(7-9(2)20-8)15(19)14-13(17)11-4-3-10(16)5-12(11)21-14/h3-5,8-9H,6-7,17H2,1-2H3. The first kappa shape index (κ1) is 14.6. The number of amides is 1. The van der Waals surface area contributed by atoms with Gasteiger partial charge in [-0.25, -0.2) is 0 Å². The summed E-state index contributed by atoms with van der Waals surface area (Å²) in [4.78, 5) is 15.1. The third-order valence-corrected chi connectivity index (χ3v) is 4.98. The molecule has 0 saturated carbocycles. The first-order chi connectivity index (χ1) is 9.95. The van der Waals surface area contributed by atoms with E-state index in [1.165, 1.54) is 11.3 Å². The van der Waals surface area contributed by atoms with E-state index in [0.717, 1.165) is 10.1 Å². The molecule has 112 valence electrons. The summed E-state index contributed by atoms with van der Waals surface area (Å²) in [5.74, 6) is -0.0215. The number of nitrogens with two attached hydrogens (primary N) is 1. The van der Waals surface area contributed by atoms with Crippen LogP contribution in [0.4, 0.5) is 5.69 Å². The summed E-state index contributed by atoms with van der Waals surface area (Å²) in [6.45, 7) is 5.14. The average Bonchev–Trinajstić information content (AvgIpc) is 2.73. The Kier molecular flexibility index (Phi) is 3.82. The maximum Gasteiger partial charge on any atom is 0.266 e. The molecule has 0 radical (unpaired) electrons. The van der Waals surface area contributed by atoms with Crippen LogP contribution in [0.5, 0.6) is 0 Å². The van der Waals surface area contributed by atoms with Crippen molar-refractivity contribution in [1.82, 2.24) is 4.90 Å². The zero-order valence-electron chi connectivity index (χ0n) is 11.9. The van der Waals surface area contributed by atoms with Crippen molar-refractivity contribution in [3.8, 4) is 0 Å². The zero-order valence-corrected chi connectivity index (χ0v) is 13.5. The summed E-state index contributed by atoms with van der Waals surface area (Å²) in [5.41, 5.74) is 6.70. The fraction of sp³-hybridized carbons (Fsp3) is 0.400. The molecule has 1 saturated heterocycles. The van der Waals surface area contributed by atoms with Crippen LogP contribution in [0.3, 0.4) is 0 Å². The first-order valence-corrected chi connectivity index (χ1v) is 8.07. The molecule has 1 aliphatic heterocycles. The van der Waals surface area contributed by atoms with Gasteiger partial charge in [0, 0.05) is 28.2 Å². The first-order valence-electron chi connectivity index (χ1n) is 6.88. The van der Waals surface area contributed by atoms with E-state index in [4.69, 9.17) is 22.1 Å². The number of carbonyl (C=O) groups is 1. The molecular weight excluding hydrogens is 308 g/mol. The Labute approximate surface area is 132 Å². The number of hydrogen-bond donors (Lipinski definition) is 1. The van der Waals surface area contributed by atoms with E-state index in [2.05, 4.69) is 0 Å². The van der Waals surface area contributed by atoms with Gasteiger partial charge in [-0.2, -0.15) is 0 Å². The predicted molar refractivity (Wildman–Crippen MR) is 87.2 cm³/mol. The van der Waals surface area contributed by atoms with Crippen molar-refractivity contribution < 1.29 is 9.53 Å². The molecule has 1 fully saturated rings. The number of ether oxygens (including phenoxy) is 1. The van der Waals surface area contributed by atoms with E-state index < -0.39 is 0 Å². The number of hydrogen-bond acceptors (Lipinski definition) is 4. The molecule has 1 aromatic heterocycles. The molecule has 2 unspecified atom stereocenters. The molecular formula is C15H17ClN2O2S. The molecule has 2 N–H and O–H groups in total. The van der Waals surface area contributed by atoms with Crippen LogP contribution in [0.1, 0.15) is 23.5 Å². The smallest absolute Gasteiger partial charge is 0.266 e. The molecule has 3 rings (SSSR count). The number of fused-ring (bicyclic) bond motifs is 1. The van der Waals surface area contributed by atoms with Gasteiger partial charge in [0.25, 0.3) is 5.91 Å². The van der Waals surface area contributed by atoms with Gasteiger partial charge >= 0.3 is 0 Å². The van der Waals surface area contributed by atoms with E-state index in [1.54, 1.807) is 6.07 Å². The topological polar surface area (TPSA) is 55.6 Å². The molecule has 0 bridgehead atoms. The number of rotatable bonds is 1.